The third-order valence-corrected chi connectivity index (χ3v) is 8.54. The first-order valence-electron chi connectivity index (χ1n) is 12.1. The molecule has 2 saturated heterocycles. The molecule has 4 rings (SSSR count). The van der Waals surface area contributed by atoms with E-state index in [4.69, 9.17) is 27.9 Å². The number of piperazine rings is 1. The number of anilines is 2. The summed E-state index contributed by atoms with van der Waals surface area (Å²) in [6.45, 7) is 10.2. The molecule has 37 heavy (non-hydrogen) atoms. The van der Waals surface area contributed by atoms with Gasteiger partial charge in [0.1, 0.15) is 5.00 Å². The second-order valence-electron chi connectivity index (χ2n) is 9.95. The average Bonchev–Trinajstić information content (AvgIpc) is 3.31. The summed E-state index contributed by atoms with van der Waals surface area (Å²) in [5, 5.41) is 6.54. The zero-order chi connectivity index (χ0) is 26.7. The molecule has 0 atom stereocenters. The molecule has 2 aliphatic rings. The molecule has 2 fully saturated rings. The van der Waals surface area contributed by atoms with Gasteiger partial charge in [-0.25, -0.2) is 9.59 Å². The number of thiophene rings is 1. The van der Waals surface area contributed by atoms with Gasteiger partial charge in [-0.15, -0.1) is 11.3 Å². The fourth-order valence-corrected chi connectivity index (χ4v) is 5.55. The molecule has 0 aliphatic carbocycles. The van der Waals surface area contributed by atoms with E-state index in [1.165, 1.54) is 11.3 Å². The molecular weight excluding hydrogens is 537 g/mol. The summed E-state index contributed by atoms with van der Waals surface area (Å²) < 4.78 is 5.33. The lowest BCUT2D eigenvalue weighted by molar-refractivity contribution is 0.0363. The zero-order valence-electron chi connectivity index (χ0n) is 21.1. The number of hydrogen-bond acceptors (Lipinski definition) is 5. The summed E-state index contributed by atoms with van der Waals surface area (Å²) in [6, 6.07) is 6.27. The molecule has 3 heterocycles. The fourth-order valence-electron chi connectivity index (χ4n) is 4.10. The standard InChI is InChI=1S/C25H31Cl2N5O4S/c1-25(2,3)19-15-16(21(37-19)29-23(34)28-18-6-4-5-17(26)20(18)27)22(33)30-7-9-31(10-8-30)24(35)32-11-13-36-14-12-32/h4-6,15H,7-14H2,1-3H3,(H2,28,29,34). The molecule has 200 valence electrons. The van der Waals surface area contributed by atoms with Gasteiger partial charge in [0, 0.05) is 44.1 Å². The monoisotopic (exact) mass is 567 g/mol. The SMILES string of the molecule is CC(C)(C)c1cc(C(=O)N2CCN(C(=O)N3CCOCC3)CC2)c(NC(=O)Nc2cccc(Cl)c2Cl)s1. The molecule has 2 aliphatic heterocycles. The molecule has 0 saturated carbocycles. The number of rotatable bonds is 3. The molecule has 5 amide bonds. The van der Waals surface area contributed by atoms with Crippen LogP contribution in [0, 0.1) is 0 Å². The maximum Gasteiger partial charge on any atom is 0.324 e. The molecule has 0 spiro atoms. The number of morpholine rings is 1. The van der Waals surface area contributed by atoms with Crippen molar-refractivity contribution in [1.82, 2.24) is 14.7 Å². The van der Waals surface area contributed by atoms with Gasteiger partial charge >= 0.3 is 12.1 Å². The number of benzene rings is 1. The lowest BCUT2D eigenvalue weighted by atomic mass is 9.94. The van der Waals surface area contributed by atoms with Gasteiger partial charge in [0.2, 0.25) is 0 Å². The second-order valence-corrected chi connectivity index (χ2v) is 11.8. The largest absolute Gasteiger partial charge is 0.378 e. The van der Waals surface area contributed by atoms with Gasteiger partial charge in [-0.3, -0.25) is 10.1 Å². The molecular formula is C25H31Cl2N5O4S. The van der Waals surface area contributed by atoms with Gasteiger partial charge in [-0.2, -0.15) is 0 Å². The first-order valence-corrected chi connectivity index (χ1v) is 13.7. The molecule has 12 heteroatoms. The van der Waals surface area contributed by atoms with Crippen molar-refractivity contribution in [3.63, 3.8) is 0 Å². The van der Waals surface area contributed by atoms with E-state index in [9.17, 15) is 14.4 Å². The Morgan fingerprint density at radius 1 is 0.919 bits per heavy atom. The predicted octanol–water partition coefficient (Wildman–Crippen LogP) is 5.21. The summed E-state index contributed by atoms with van der Waals surface area (Å²) in [5.41, 5.74) is 0.582. The van der Waals surface area contributed by atoms with Gasteiger partial charge in [0.25, 0.3) is 5.91 Å². The van der Waals surface area contributed by atoms with E-state index in [-0.39, 0.29) is 22.4 Å². The van der Waals surface area contributed by atoms with Crippen molar-refractivity contribution in [3.05, 3.63) is 44.8 Å². The van der Waals surface area contributed by atoms with Crippen LogP contribution in [0.3, 0.4) is 0 Å². The Bertz CT molecular complexity index is 1170. The number of carbonyl (C=O) groups excluding carboxylic acids is 3. The second kappa shape index (κ2) is 11.5. The molecule has 2 aromatic rings. The first-order chi connectivity index (χ1) is 17.5. The van der Waals surface area contributed by atoms with Crippen LogP contribution in [0.1, 0.15) is 36.0 Å². The van der Waals surface area contributed by atoms with Crippen molar-refractivity contribution in [2.75, 3.05) is 63.1 Å². The Labute approximate surface area is 230 Å². The highest BCUT2D eigenvalue weighted by atomic mass is 35.5. The number of halogens is 2. The molecule has 0 radical (unpaired) electrons. The Kier molecular flexibility index (Phi) is 8.52. The fraction of sp³-hybridized carbons (Fsp3) is 0.480. The van der Waals surface area contributed by atoms with E-state index in [1.807, 2.05) is 6.07 Å². The number of urea groups is 2. The minimum Gasteiger partial charge on any atom is -0.378 e. The van der Waals surface area contributed by atoms with E-state index in [2.05, 4.69) is 31.4 Å². The van der Waals surface area contributed by atoms with Crippen LogP contribution in [0.2, 0.25) is 10.0 Å². The number of nitrogens with one attached hydrogen (secondary N) is 2. The number of nitrogens with zero attached hydrogens (tertiary/aromatic N) is 3. The van der Waals surface area contributed by atoms with Crippen LogP contribution >= 0.6 is 34.5 Å². The van der Waals surface area contributed by atoms with E-state index < -0.39 is 6.03 Å². The highest BCUT2D eigenvalue weighted by Crippen LogP contribution is 2.37. The summed E-state index contributed by atoms with van der Waals surface area (Å²) >= 11 is 13.6. The van der Waals surface area contributed by atoms with Crippen molar-refractivity contribution < 1.29 is 19.1 Å². The summed E-state index contributed by atoms with van der Waals surface area (Å²) in [6.07, 6.45) is 0. The van der Waals surface area contributed by atoms with Crippen LogP contribution < -0.4 is 10.6 Å². The molecule has 1 aromatic carbocycles. The third-order valence-electron chi connectivity index (χ3n) is 6.25. The van der Waals surface area contributed by atoms with Crippen LogP contribution in [0.25, 0.3) is 0 Å². The Balaban J connectivity index is 1.46. The minimum atomic E-state index is -0.526. The van der Waals surface area contributed by atoms with Gasteiger partial charge in [-0.1, -0.05) is 50.0 Å². The topological polar surface area (TPSA) is 94.2 Å². The summed E-state index contributed by atoms with van der Waals surface area (Å²) in [4.78, 5) is 45.5. The van der Waals surface area contributed by atoms with Crippen LogP contribution in [-0.4, -0.2) is 85.2 Å². The third kappa shape index (κ3) is 6.49. The van der Waals surface area contributed by atoms with Crippen molar-refractivity contribution >= 4 is 63.2 Å². The molecule has 9 nitrogen and oxygen atoms in total. The van der Waals surface area contributed by atoms with Crippen LogP contribution in [0.4, 0.5) is 20.3 Å². The van der Waals surface area contributed by atoms with Crippen LogP contribution in [-0.2, 0) is 10.2 Å². The van der Waals surface area contributed by atoms with Gasteiger partial charge < -0.3 is 24.8 Å². The molecule has 2 N–H and O–H groups in total. The normalized spacial score (nSPS) is 16.5. The first kappa shape index (κ1) is 27.5. The molecule has 0 unspecified atom stereocenters. The zero-order valence-corrected chi connectivity index (χ0v) is 23.4. The Morgan fingerprint density at radius 3 is 2.19 bits per heavy atom. The maximum absolute atomic E-state index is 13.6. The van der Waals surface area contributed by atoms with Gasteiger partial charge in [0.15, 0.2) is 0 Å². The Hall–Kier alpha value is -2.53. The van der Waals surface area contributed by atoms with E-state index in [0.717, 1.165) is 4.88 Å². The quantitative estimate of drug-likeness (QED) is 0.532. The lowest BCUT2D eigenvalue weighted by Crippen LogP contribution is -2.55. The number of amides is 5. The van der Waals surface area contributed by atoms with Crippen molar-refractivity contribution in [2.45, 2.75) is 26.2 Å². The lowest BCUT2D eigenvalue weighted by Gasteiger charge is -2.38. The summed E-state index contributed by atoms with van der Waals surface area (Å²) in [7, 11) is 0. The number of ether oxygens (including phenoxy) is 1. The maximum atomic E-state index is 13.6. The van der Waals surface area contributed by atoms with Crippen molar-refractivity contribution in [1.29, 1.82) is 0 Å². The predicted molar refractivity (Wildman–Crippen MR) is 147 cm³/mol. The smallest absolute Gasteiger partial charge is 0.324 e. The van der Waals surface area contributed by atoms with E-state index in [1.54, 1.807) is 32.9 Å². The van der Waals surface area contributed by atoms with Gasteiger partial charge in [-0.05, 0) is 23.6 Å². The molecule has 1 aromatic heterocycles. The van der Waals surface area contributed by atoms with E-state index in [0.29, 0.717) is 73.8 Å². The minimum absolute atomic E-state index is 0.0142. The van der Waals surface area contributed by atoms with Crippen molar-refractivity contribution in [3.8, 4) is 0 Å². The molecule has 0 bridgehead atoms. The van der Waals surface area contributed by atoms with Crippen LogP contribution in [0.15, 0.2) is 24.3 Å². The highest BCUT2D eigenvalue weighted by molar-refractivity contribution is 7.16. The number of carbonyl (C=O) groups is 3. The van der Waals surface area contributed by atoms with Crippen molar-refractivity contribution in [2.24, 2.45) is 0 Å². The van der Waals surface area contributed by atoms with Crippen LogP contribution in [0.5, 0.6) is 0 Å². The van der Waals surface area contributed by atoms with Gasteiger partial charge in [0.05, 0.1) is 34.5 Å². The average molecular weight is 569 g/mol. The number of hydrogen-bond donors (Lipinski definition) is 2. The van der Waals surface area contributed by atoms with E-state index >= 15 is 0 Å². The summed E-state index contributed by atoms with van der Waals surface area (Å²) in [5.74, 6) is -0.179. The Morgan fingerprint density at radius 2 is 1.54 bits per heavy atom. The highest BCUT2D eigenvalue weighted by Gasteiger charge is 2.31.